The van der Waals surface area contributed by atoms with Crippen LogP contribution in [-0.2, 0) is 17.8 Å². The highest BCUT2D eigenvalue weighted by Gasteiger charge is 2.21. The first-order valence-corrected chi connectivity index (χ1v) is 6.71. The van der Waals surface area contributed by atoms with Crippen LogP contribution in [-0.4, -0.2) is 24.4 Å². The molecule has 0 atom stereocenters. The van der Waals surface area contributed by atoms with Crippen molar-refractivity contribution in [3.63, 3.8) is 0 Å². The normalized spacial score (nSPS) is 15.2. The van der Waals surface area contributed by atoms with Gasteiger partial charge in [-0.1, -0.05) is 30.7 Å². The summed E-state index contributed by atoms with van der Waals surface area (Å²) in [5.74, 6) is 0.945. The average Bonchev–Trinajstić information content (AvgIpc) is 2.34. The Morgan fingerprint density at radius 2 is 1.89 bits per heavy atom. The smallest absolute Gasteiger partial charge is 0.226 e. The maximum absolute atomic E-state index is 12.0. The fourth-order valence-electron chi connectivity index (χ4n) is 2.27. The summed E-state index contributed by atoms with van der Waals surface area (Å²) in [6, 6.07) is 7.98. The number of amides is 1. The molecule has 1 amide bonds. The van der Waals surface area contributed by atoms with Crippen LogP contribution in [0.5, 0.6) is 0 Å². The Morgan fingerprint density at radius 3 is 2.39 bits per heavy atom. The summed E-state index contributed by atoms with van der Waals surface area (Å²) >= 11 is 0. The molecular weight excluding hydrogens is 224 g/mol. The number of hydrogen-bond acceptors (Lipinski definition) is 2. The molecule has 0 aliphatic heterocycles. The van der Waals surface area contributed by atoms with Crippen molar-refractivity contribution in [2.45, 2.75) is 32.2 Å². The maximum atomic E-state index is 12.0. The summed E-state index contributed by atoms with van der Waals surface area (Å²) in [6.07, 6.45) is 4.38. The molecule has 2 rings (SSSR count). The molecule has 0 unspecified atom stereocenters. The van der Waals surface area contributed by atoms with Crippen molar-refractivity contribution in [3.05, 3.63) is 35.4 Å². The molecule has 0 spiro atoms. The molecule has 0 saturated heterocycles. The molecule has 2 N–H and O–H groups in total. The van der Waals surface area contributed by atoms with Crippen molar-refractivity contribution in [1.29, 1.82) is 0 Å². The van der Waals surface area contributed by atoms with Crippen LogP contribution in [0.15, 0.2) is 24.3 Å². The second-order valence-corrected chi connectivity index (χ2v) is 5.27. The van der Waals surface area contributed by atoms with Crippen LogP contribution >= 0.6 is 0 Å². The number of carbonyl (C=O) groups excluding carboxylic acids is 1. The molecule has 1 aromatic rings. The molecule has 1 saturated carbocycles. The molecule has 3 nitrogen and oxygen atoms in total. The first-order chi connectivity index (χ1) is 8.69. The third-order valence-corrected chi connectivity index (χ3v) is 3.80. The Bertz CT molecular complexity index is 395. The third-order valence-electron chi connectivity index (χ3n) is 3.80. The number of benzene rings is 1. The number of hydrogen-bond donors (Lipinski definition) is 1. The van der Waals surface area contributed by atoms with Crippen LogP contribution in [0, 0.1) is 5.92 Å². The molecule has 0 bridgehead atoms. The highest BCUT2D eigenvalue weighted by molar-refractivity contribution is 5.78. The minimum absolute atomic E-state index is 0.211. The highest BCUT2D eigenvalue weighted by Crippen LogP contribution is 2.26. The number of nitrogens with zero attached hydrogens (tertiary/aromatic N) is 1. The lowest BCUT2D eigenvalue weighted by atomic mass is 9.85. The number of carbonyl (C=O) groups is 1. The SMILES string of the molecule is CN(CC1CCC1)C(=O)Cc1ccc(CN)cc1. The van der Waals surface area contributed by atoms with Gasteiger partial charge in [-0.05, 0) is 29.9 Å². The van der Waals surface area contributed by atoms with Gasteiger partial charge in [0.1, 0.15) is 0 Å². The third kappa shape index (κ3) is 3.33. The van der Waals surface area contributed by atoms with Crippen molar-refractivity contribution in [1.82, 2.24) is 4.90 Å². The van der Waals surface area contributed by atoms with E-state index in [0.717, 1.165) is 23.6 Å². The monoisotopic (exact) mass is 246 g/mol. The standard InChI is InChI=1S/C15H22N2O/c1-17(11-14-3-2-4-14)15(18)9-12-5-7-13(10-16)8-6-12/h5-8,14H,2-4,9-11,16H2,1H3. The lowest BCUT2D eigenvalue weighted by molar-refractivity contribution is -0.130. The summed E-state index contributed by atoms with van der Waals surface area (Å²) in [5, 5.41) is 0. The van der Waals surface area contributed by atoms with Gasteiger partial charge in [0.2, 0.25) is 5.91 Å². The second-order valence-electron chi connectivity index (χ2n) is 5.27. The lowest BCUT2D eigenvalue weighted by Gasteiger charge is -2.30. The molecule has 1 aromatic carbocycles. The molecule has 1 fully saturated rings. The van der Waals surface area contributed by atoms with Gasteiger partial charge < -0.3 is 10.6 Å². The zero-order chi connectivity index (χ0) is 13.0. The van der Waals surface area contributed by atoms with Gasteiger partial charge in [-0.3, -0.25) is 4.79 Å². The Balaban J connectivity index is 1.84. The van der Waals surface area contributed by atoms with E-state index in [-0.39, 0.29) is 5.91 Å². The highest BCUT2D eigenvalue weighted by atomic mass is 16.2. The second kappa shape index (κ2) is 6.01. The van der Waals surface area contributed by atoms with E-state index in [9.17, 15) is 4.79 Å². The lowest BCUT2D eigenvalue weighted by Crippen LogP contribution is -2.35. The van der Waals surface area contributed by atoms with Crippen LogP contribution in [0.25, 0.3) is 0 Å². The average molecular weight is 246 g/mol. The van der Waals surface area contributed by atoms with Crippen LogP contribution in [0.4, 0.5) is 0 Å². The summed E-state index contributed by atoms with van der Waals surface area (Å²) in [6.45, 7) is 1.47. The Hall–Kier alpha value is -1.35. The molecule has 3 heteroatoms. The van der Waals surface area contributed by atoms with Crippen molar-refractivity contribution in [3.8, 4) is 0 Å². The van der Waals surface area contributed by atoms with Gasteiger partial charge in [0.25, 0.3) is 0 Å². The zero-order valence-electron chi connectivity index (χ0n) is 11.1. The van der Waals surface area contributed by atoms with Crippen molar-refractivity contribution < 1.29 is 4.79 Å². The molecule has 1 aliphatic rings. The van der Waals surface area contributed by atoms with E-state index in [1.807, 2.05) is 36.2 Å². The summed E-state index contributed by atoms with van der Waals surface area (Å²) in [5.41, 5.74) is 7.72. The zero-order valence-corrected chi connectivity index (χ0v) is 11.1. The first kappa shape index (κ1) is 13.1. The summed E-state index contributed by atoms with van der Waals surface area (Å²) in [4.78, 5) is 13.9. The minimum atomic E-state index is 0.211. The van der Waals surface area contributed by atoms with Crippen LogP contribution in [0.3, 0.4) is 0 Å². The van der Waals surface area contributed by atoms with Crippen LogP contribution < -0.4 is 5.73 Å². The summed E-state index contributed by atoms with van der Waals surface area (Å²) in [7, 11) is 1.91. The van der Waals surface area contributed by atoms with Gasteiger partial charge in [0, 0.05) is 20.1 Å². The van der Waals surface area contributed by atoms with E-state index >= 15 is 0 Å². The molecule has 98 valence electrons. The maximum Gasteiger partial charge on any atom is 0.226 e. The predicted octanol–water partition coefficient (Wildman–Crippen LogP) is 1.95. The Morgan fingerprint density at radius 1 is 1.28 bits per heavy atom. The fourth-order valence-corrected chi connectivity index (χ4v) is 2.27. The minimum Gasteiger partial charge on any atom is -0.345 e. The van der Waals surface area contributed by atoms with Gasteiger partial charge >= 0.3 is 0 Å². The van der Waals surface area contributed by atoms with E-state index in [1.165, 1.54) is 19.3 Å². The molecule has 0 heterocycles. The molecular formula is C15H22N2O. The number of nitrogens with two attached hydrogens (primary N) is 1. The fraction of sp³-hybridized carbons (Fsp3) is 0.533. The van der Waals surface area contributed by atoms with Gasteiger partial charge in [0.05, 0.1) is 6.42 Å². The van der Waals surface area contributed by atoms with Gasteiger partial charge in [0.15, 0.2) is 0 Å². The topological polar surface area (TPSA) is 46.3 Å². The first-order valence-electron chi connectivity index (χ1n) is 6.71. The van der Waals surface area contributed by atoms with E-state index in [4.69, 9.17) is 5.73 Å². The predicted molar refractivity (Wildman–Crippen MR) is 73.0 cm³/mol. The van der Waals surface area contributed by atoms with Crippen LogP contribution in [0.1, 0.15) is 30.4 Å². The van der Waals surface area contributed by atoms with E-state index in [0.29, 0.717) is 13.0 Å². The van der Waals surface area contributed by atoms with Crippen molar-refractivity contribution in [2.75, 3.05) is 13.6 Å². The van der Waals surface area contributed by atoms with E-state index in [1.54, 1.807) is 0 Å². The van der Waals surface area contributed by atoms with Crippen LogP contribution in [0.2, 0.25) is 0 Å². The molecule has 1 aliphatic carbocycles. The van der Waals surface area contributed by atoms with E-state index in [2.05, 4.69) is 0 Å². The molecule has 0 radical (unpaired) electrons. The van der Waals surface area contributed by atoms with Gasteiger partial charge in [-0.15, -0.1) is 0 Å². The number of likely N-dealkylation sites (N-methyl/N-ethyl adjacent to an activating group) is 1. The Labute approximate surface area is 109 Å². The van der Waals surface area contributed by atoms with Crippen molar-refractivity contribution in [2.24, 2.45) is 11.7 Å². The molecule has 18 heavy (non-hydrogen) atoms. The van der Waals surface area contributed by atoms with Gasteiger partial charge in [-0.2, -0.15) is 0 Å². The molecule has 0 aromatic heterocycles. The number of rotatable bonds is 5. The van der Waals surface area contributed by atoms with Crippen molar-refractivity contribution >= 4 is 5.91 Å². The largest absolute Gasteiger partial charge is 0.345 e. The summed E-state index contributed by atoms with van der Waals surface area (Å²) < 4.78 is 0. The van der Waals surface area contributed by atoms with E-state index < -0.39 is 0 Å². The quantitative estimate of drug-likeness (QED) is 0.863. The Kier molecular flexibility index (Phi) is 4.37. The van der Waals surface area contributed by atoms with Gasteiger partial charge in [-0.25, -0.2) is 0 Å².